The van der Waals surface area contributed by atoms with Crippen LogP contribution in [0.2, 0.25) is 0 Å². The van der Waals surface area contributed by atoms with Crippen LogP contribution in [0.5, 0.6) is 5.75 Å². The first-order chi connectivity index (χ1) is 18.8. The summed E-state index contributed by atoms with van der Waals surface area (Å²) >= 11 is 0. The minimum atomic E-state index is -4.42. The fourth-order valence-corrected chi connectivity index (χ4v) is 4.38. The van der Waals surface area contributed by atoms with Gasteiger partial charge < -0.3 is 15.4 Å². The molecule has 6 nitrogen and oxygen atoms in total. The lowest BCUT2D eigenvalue weighted by atomic mass is 10.0. The van der Waals surface area contributed by atoms with Crippen LogP contribution >= 0.6 is 0 Å². The largest absolute Gasteiger partial charge is 0.497 e. The van der Waals surface area contributed by atoms with E-state index in [1.54, 1.807) is 32.5 Å². The average molecular weight is 530 g/mol. The molecule has 2 heterocycles. The molecule has 0 fully saturated rings. The Balaban J connectivity index is 1.47. The predicted molar refractivity (Wildman–Crippen MR) is 146 cm³/mol. The normalized spacial score (nSPS) is 12.3. The number of pyridine rings is 1. The van der Waals surface area contributed by atoms with E-state index in [0.29, 0.717) is 23.9 Å². The molecule has 198 valence electrons. The van der Waals surface area contributed by atoms with Gasteiger partial charge in [0.25, 0.3) is 0 Å². The van der Waals surface area contributed by atoms with E-state index in [2.05, 4.69) is 15.6 Å². The van der Waals surface area contributed by atoms with E-state index in [-0.39, 0.29) is 5.56 Å². The van der Waals surface area contributed by atoms with E-state index in [1.807, 2.05) is 54.6 Å². The summed E-state index contributed by atoms with van der Waals surface area (Å²) in [6.45, 7) is 2.06. The summed E-state index contributed by atoms with van der Waals surface area (Å²) in [5.41, 5.74) is 2.68. The fraction of sp³-hybridized carbons (Fsp3) is 0.167. The van der Waals surface area contributed by atoms with Gasteiger partial charge >= 0.3 is 6.18 Å². The zero-order valence-corrected chi connectivity index (χ0v) is 21.3. The molecule has 3 aromatic carbocycles. The van der Waals surface area contributed by atoms with Crippen molar-refractivity contribution in [3.8, 4) is 17.1 Å². The van der Waals surface area contributed by atoms with Gasteiger partial charge in [0.2, 0.25) is 0 Å². The molecule has 5 aromatic rings. The van der Waals surface area contributed by atoms with Crippen LogP contribution in [0.25, 0.3) is 22.3 Å². The maximum Gasteiger partial charge on any atom is 0.416 e. The Morgan fingerprint density at radius 3 is 2.49 bits per heavy atom. The van der Waals surface area contributed by atoms with Crippen molar-refractivity contribution < 1.29 is 17.9 Å². The van der Waals surface area contributed by atoms with E-state index in [9.17, 15) is 13.2 Å². The Hall–Kier alpha value is -4.50. The molecule has 0 saturated heterocycles. The number of anilines is 2. The van der Waals surface area contributed by atoms with Crippen LogP contribution < -0.4 is 15.4 Å². The number of hydrogen-bond donors (Lipinski definition) is 2. The molecule has 0 saturated carbocycles. The van der Waals surface area contributed by atoms with Crippen molar-refractivity contribution >= 4 is 22.4 Å². The van der Waals surface area contributed by atoms with E-state index in [4.69, 9.17) is 14.7 Å². The highest BCUT2D eigenvalue weighted by atomic mass is 19.4. The van der Waals surface area contributed by atoms with Crippen LogP contribution in [0.3, 0.4) is 0 Å². The van der Waals surface area contributed by atoms with Crippen molar-refractivity contribution in [2.75, 3.05) is 12.4 Å². The maximum absolute atomic E-state index is 13.6. The standard InChI is InChI=1S/C30H26F3N5O/c1-19(23-10-4-5-11-25(23)30(31,32)33)35-18-20-8-3-6-12-26(20)36-29-24-16-22(39-2)13-14-27(24)37-28(38-29)21-9-7-15-34-17-21/h3-17,19,35H,18H2,1-2H3,(H,36,37,38). The SMILES string of the molecule is COc1ccc2nc(-c3cccnc3)nc(Nc3ccccc3CNC(C)c3ccccc3C(F)(F)F)c2c1. The van der Waals surface area contributed by atoms with Gasteiger partial charge in [0.15, 0.2) is 5.82 Å². The summed E-state index contributed by atoms with van der Waals surface area (Å²) in [5.74, 6) is 1.74. The Morgan fingerprint density at radius 1 is 0.923 bits per heavy atom. The minimum Gasteiger partial charge on any atom is -0.497 e. The molecular formula is C30H26F3N5O. The smallest absolute Gasteiger partial charge is 0.416 e. The molecule has 39 heavy (non-hydrogen) atoms. The third-order valence-electron chi connectivity index (χ3n) is 6.42. The van der Waals surface area contributed by atoms with Crippen LogP contribution in [0.4, 0.5) is 24.7 Å². The van der Waals surface area contributed by atoms with Gasteiger partial charge in [-0.05, 0) is 60.5 Å². The zero-order valence-electron chi connectivity index (χ0n) is 21.3. The van der Waals surface area contributed by atoms with Crippen LogP contribution in [0.1, 0.15) is 29.7 Å². The van der Waals surface area contributed by atoms with Crippen molar-refractivity contribution in [1.29, 1.82) is 0 Å². The Kier molecular flexibility index (Phi) is 7.42. The highest BCUT2D eigenvalue weighted by Crippen LogP contribution is 2.35. The molecular weight excluding hydrogens is 503 g/mol. The second-order valence-corrected chi connectivity index (χ2v) is 8.99. The van der Waals surface area contributed by atoms with Crippen molar-refractivity contribution in [3.05, 3.63) is 108 Å². The number of alkyl halides is 3. The quantitative estimate of drug-likeness (QED) is 0.220. The van der Waals surface area contributed by atoms with Crippen LogP contribution in [-0.4, -0.2) is 22.1 Å². The number of hydrogen-bond acceptors (Lipinski definition) is 6. The molecule has 0 aliphatic carbocycles. The van der Waals surface area contributed by atoms with Crippen LogP contribution in [-0.2, 0) is 12.7 Å². The molecule has 2 N–H and O–H groups in total. The number of ether oxygens (including phenoxy) is 1. The van der Waals surface area contributed by atoms with Gasteiger partial charge in [0.05, 0.1) is 18.2 Å². The molecule has 1 atom stereocenters. The highest BCUT2D eigenvalue weighted by Gasteiger charge is 2.34. The first-order valence-corrected chi connectivity index (χ1v) is 12.3. The molecule has 0 aliphatic heterocycles. The van der Waals surface area contributed by atoms with E-state index < -0.39 is 17.8 Å². The molecule has 0 amide bonds. The van der Waals surface area contributed by atoms with Gasteiger partial charge in [-0.15, -0.1) is 0 Å². The Morgan fingerprint density at radius 2 is 1.72 bits per heavy atom. The number of halogens is 3. The lowest BCUT2D eigenvalue weighted by Gasteiger charge is -2.21. The topological polar surface area (TPSA) is 72.0 Å². The van der Waals surface area contributed by atoms with Gasteiger partial charge in [-0.25, -0.2) is 9.97 Å². The molecule has 0 aliphatic rings. The van der Waals surface area contributed by atoms with Crippen molar-refractivity contribution in [3.63, 3.8) is 0 Å². The van der Waals surface area contributed by atoms with E-state index in [1.165, 1.54) is 12.1 Å². The number of aromatic nitrogens is 3. The Labute approximate surface area is 223 Å². The number of fused-ring (bicyclic) bond motifs is 1. The average Bonchev–Trinajstić information content (AvgIpc) is 2.96. The minimum absolute atomic E-state index is 0.199. The number of benzene rings is 3. The van der Waals surface area contributed by atoms with Gasteiger partial charge in [0, 0.05) is 41.6 Å². The molecule has 9 heteroatoms. The molecule has 0 radical (unpaired) electrons. The molecule has 5 rings (SSSR count). The summed E-state index contributed by atoms with van der Waals surface area (Å²) in [6, 6.07) is 22.0. The van der Waals surface area contributed by atoms with Gasteiger partial charge in [-0.2, -0.15) is 13.2 Å². The summed E-state index contributed by atoms with van der Waals surface area (Å²) in [4.78, 5) is 13.7. The number of nitrogens with zero attached hydrogens (tertiary/aromatic N) is 3. The summed E-state index contributed by atoms with van der Waals surface area (Å²) < 4.78 is 46.1. The fourth-order valence-electron chi connectivity index (χ4n) is 4.38. The molecule has 0 bridgehead atoms. The van der Waals surface area contributed by atoms with E-state index in [0.717, 1.165) is 33.8 Å². The summed E-state index contributed by atoms with van der Waals surface area (Å²) in [7, 11) is 1.60. The molecule has 0 spiro atoms. The summed E-state index contributed by atoms with van der Waals surface area (Å²) in [6.07, 6.45) is -1.04. The summed E-state index contributed by atoms with van der Waals surface area (Å²) in [5, 5.41) is 7.44. The lowest BCUT2D eigenvalue weighted by Crippen LogP contribution is -2.22. The number of para-hydroxylation sites is 1. The molecule has 2 aromatic heterocycles. The number of methoxy groups -OCH3 is 1. The van der Waals surface area contributed by atoms with Crippen LogP contribution in [0, 0.1) is 0 Å². The lowest BCUT2D eigenvalue weighted by molar-refractivity contribution is -0.138. The van der Waals surface area contributed by atoms with Gasteiger partial charge in [-0.1, -0.05) is 36.4 Å². The van der Waals surface area contributed by atoms with E-state index >= 15 is 0 Å². The van der Waals surface area contributed by atoms with Crippen LogP contribution in [0.15, 0.2) is 91.3 Å². The third-order valence-corrected chi connectivity index (χ3v) is 6.42. The number of nitrogens with one attached hydrogen (secondary N) is 2. The first-order valence-electron chi connectivity index (χ1n) is 12.3. The Bertz CT molecular complexity index is 1590. The van der Waals surface area contributed by atoms with Crippen molar-refractivity contribution in [1.82, 2.24) is 20.3 Å². The monoisotopic (exact) mass is 529 g/mol. The highest BCUT2D eigenvalue weighted by molar-refractivity contribution is 5.93. The third kappa shape index (κ3) is 5.83. The number of rotatable bonds is 8. The first kappa shape index (κ1) is 26.1. The van der Waals surface area contributed by atoms with Gasteiger partial charge in [0.1, 0.15) is 11.6 Å². The van der Waals surface area contributed by atoms with Gasteiger partial charge in [-0.3, -0.25) is 4.98 Å². The van der Waals surface area contributed by atoms with Crippen molar-refractivity contribution in [2.24, 2.45) is 0 Å². The molecule has 1 unspecified atom stereocenters. The second-order valence-electron chi connectivity index (χ2n) is 8.99. The second kappa shape index (κ2) is 11.1. The zero-order chi connectivity index (χ0) is 27.4. The van der Waals surface area contributed by atoms with Crippen molar-refractivity contribution in [2.45, 2.75) is 25.7 Å². The maximum atomic E-state index is 13.6. The predicted octanol–water partition coefficient (Wildman–Crippen LogP) is 7.31.